The van der Waals surface area contributed by atoms with Gasteiger partial charge in [0.2, 0.25) is 0 Å². The third-order valence-corrected chi connectivity index (χ3v) is 3.05. The van der Waals surface area contributed by atoms with E-state index in [9.17, 15) is 4.39 Å². The highest BCUT2D eigenvalue weighted by atomic mass is 79.9. The Labute approximate surface area is 112 Å². The molecule has 2 rings (SSSR count). The molecule has 2 aromatic rings. The Morgan fingerprint density at radius 1 is 1.12 bits per heavy atom. The molecular weight excluding hydrogens is 306 g/mol. The van der Waals surface area contributed by atoms with Crippen LogP contribution in [0.3, 0.4) is 0 Å². The fraction of sp³-hybridized carbons (Fsp3) is 0.0769. The van der Waals surface area contributed by atoms with Gasteiger partial charge in [-0.25, -0.2) is 4.39 Å². The summed E-state index contributed by atoms with van der Waals surface area (Å²) in [5.74, 6) is 0.820. The first-order chi connectivity index (χ1) is 8.20. The number of alkyl halides is 1. The highest BCUT2D eigenvalue weighted by Crippen LogP contribution is 2.29. The second-order valence-corrected chi connectivity index (χ2v) is 4.59. The summed E-state index contributed by atoms with van der Waals surface area (Å²) >= 11 is 9.04. The zero-order chi connectivity index (χ0) is 12.3. The number of halogens is 3. The van der Waals surface area contributed by atoms with Gasteiger partial charge in [-0.3, -0.25) is 0 Å². The van der Waals surface area contributed by atoms with Crippen LogP contribution < -0.4 is 4.74 Å². The zero-order valence-electron chi connectivity index (χ0n) is 8.79. The van der Waals surface area contributed by atoms with Crippen LogP contribution in [0.1, 0.15) is 5.56 Å². The Morgan fingerprint density at radius 2 is 1.82 bits per heavy atom. The third-order valence-electron chi connectivity index (χ3n) is 2.25. The van der Waals surface area contributed by atoms with Crippen LogP contribution in [0.2, 0.25) is 0 Å². The Bertz CT molecular complexity index is 513. The Morgan fingerprint density at radius 3 is 2.47 bits per heavy atom. The first-order valence-corrected chi connectivity index (χ1v) is 6.30. The smallest absolute Gasteiger partial charge is 0.134 e. The molecule has 0 fully saturated rings. The predicted molar refractivity (Wildman–Crippen MR) is 70.2 cm³/mol. The van der Waals surface area contributed by atoms with E-state index in [0.717, 1.165) is 4.47 Å². The molecule has 0 N–H and O–H groups in total. The van der Waals surface area contributed by atoms with Gasteiger partial charge in [-0.15, -0.1) is 11.6 Å². The van der Waals surface area contributed by atoms with E-state index < -0.39 is 0 Å². The molecule has 0 bridgehead atoms. The second kappa shape index (κ2) is 5.52. The van der Waals surface area contributed by atoms with E-state index >= 15 is 0 Å². The molecule has 0 aliphatic carbocycles. The maximum atomic E-state index is 13.4. The molecule has 0 aromatic heterocycles. The van der Waals surface area contributed by atoms with Gasteiger partial charge in [0, 0.05) is 10.0 Å². The van der Waals surface area contributed by atoms with Crippen LogP contribution in [0.25, 0.3) is 0 Å². The average molecular weight is 316 g/mol. The van der Waals surface area contributed by atoms with Crippen molar-refractivity contribution in [2.45, 2.75) is 5.88 Å². The van der Waals surface area contributed by atoms with Crippen molar-refractivity contribution < 1.29 is 9.13 Å². The van der Waals surface area contributed by atoms with Crippen LogP contribution in [-0.4, -0.2) is 0 Å². The van der Waals surface area contributed by atoms with Gasteiger partial charge in [0.1, 0.15) is 17.3 Å². The van der Waals surface area contributed by atoms with Crippen LogP contribution >= 0.6 is 27.5 Å². The molecule has 17 heavy (non-hydrogen) atoms. The topological polar surface area (TPSA) is 9.23 Å². The van der Waals surface area contributed by atoms with E-state index in [1.54, 1.807) is 24.3 Å². The summed E-state index contributed by atoms with van der Waals surface area (Å²) in [6.07, 6.45) is 0. The maximum absolute atomic E-state index is 13.4. The summed E-state index contributed by atoms with van der Waals surface area (Å²) in [5, 5.41) is 0. The zero-order valence-corrected chi connectivity index (χ0v) is 11.1. The van der Waals surface area contributed by atoms with Gasteiger partial charge >= 0.3 is 0 Å². The highest BCUT2D eigenvalue weighted by Gasteiger charge is 2.09. The molecule has 0 saturated carbocycles. The van der Waals surface area contributed by atoms with Crippen molar-refractivity contribution in [1.82, 2.24) is 0 Å². The Hall–Kier alpha value is -1.06. The van der Waals surface area contributed by atoms with Gasteiger partial charge in [-0.2, -0.15) is 0 Å². The maximum Gasteiger partial charge on any atom is 0.134 e. The van der Waals surface area contributed by atoms with Gasteiger partial charge in [0.15, 0.2) is 0 Å². The molecule has 2 aromatic carbocycles. The summed E-state index contributed by atoms with van der Waals surface area (Å²) < 4.78 is 20.0. The van der Waals surface area contributed by atoms with Crippen molar-refractivity contribution in [3.05, 3.63) is 58.3 Å². The minimum atomic E-state index is -0.352. The molecular formula is C13H9BrClFO. The summed E-state index contributed by atoms with van der Waals surface area (Å²) in [5.41, 5.74) is 0.372. The van der Waals surface area contributed by atoms with Crippen molar-refractivity contribution in [1.29, 1.82) is 0 Å². The van der Waals surface area contributed by atoms with Gasteiger partial charge in [0.25, 0.3) is 0 Å². The number of benzene rings is 2. The molecule has 0 saturated heterocycles. The Kier molecular flexibility index (Phi) is 4.02. The molecule has 0 unspecified atom stereocenters. The highest BCUT2D eigenvalue weighted by molar-refractivity contribution is 9.10. The minimum absolute atomic E-state index is 0.0819. The number of rotatable bonds is 3. The van der Waals surface area contributed by atoms with Crippen LogP contribution in [0, 0.1) is 5.82 Å². The van der Waals surface area contributed by atoms with Crippen molar-refractivity contribution >= 4 is 27.5 Å². The van der Waals surface area contributed by atoms with E-state index in [4.69, 9.17) is 16.3 Å². The van der Waals surface area contributed by atoms with Gasteiger partial charge in [-0.05, 0) is 36.4 Å². The first kappa shape index (κ1) is 12.4. The lowest BCUT2D eigenvalue weighted by Crippen LogP contribution is -1.92. The van der Waals surface area contributed by atoms with Crippen molar-refractivity contribution in [2.75, 3.05) is 0 Å². The normalized spacial score (nSPS) is 10.3. The van der Waals surface area contributed by atoms with E-state index in [2.05, 4.69) is 15.9 Å². The van der Waals surface area contributed by atoms with Crippen molar-refractivity contribution in [3.8, 4) is 11.5 Å². The molecule has 0 aliphatic heterocycles. The van der Waals surface area contributed by atoms with Crippen LogP contribution in [0.4, 0.5) is 4.39 Å². The predicted octanol–water partition coefficient (Wildman–Crippen LogP) is 5.12. The molecule has 4 heteroatoms. The van der Waals surface area contributed by atoms with Gasteiger partial charge in [0.05, 0.1) is 5.88 Å². The lowest BCUT2D eigenvalue weighted by Gasteiger charge is -2.10. The molecule has 0 atom stereocenters. The lowest BCUT2D eigenvalue weighted by molar-refractivity contribution is 0.470. The molecule has 0 aliphatic rings. The van der Waals surface area contributed by atoms with E-state index in [1.165, 1.54) is 6.07 Å². The fourth-order valence-electron chi connectivity index (χ4n) is 1.39. The molecule has 1 nitrogen and oxygen atoms in total. The molecule has 88 valence electrons. The average Bonchev–Trinajstić information content (AvgIpc) is 2.32. The molecule has 0 heterocycles. The molecule has 0 spiro atoms. The molecule has 0 amide bonds. The van der Waals surface area contributed by atoms with Gasteiger partial charge < -0.3 is 4.74 Å². The van der Waals surface area contributed by atoms with E-state index in [1.807, 2.05) is 12.1 Å². The van der Waals surface area contributed by atoms with Gasteiger partial charge in [-0.1, -0.05) is 22.0 Å². The lowest BCUT2D eigenvalue weighted by atomic mass is 10.2. The van der Waals surface area contributed by atoms with Crippen molar-refractivity contribution in [2.24, 2.45) is 0 Å². The fourth-order valence-corrected chi connectivity index (χ4v) is 1.92. The number of ether oxygens (including phenoxy) is 1. The SMILES string of the molecule is Fc1cccc(Oc2ccc(Br)cc2)c1CCl. The summed E-state index contributed by atoms with van der Waals surface area (Å²) in [7, 11) is 0. The van der Waals surface area contributed by atoms with Crippen LogP contribution in [0.15, 0.2) is 46.9 Å². The number of hydrogen-bond donors (Lipinski definition) is 0. The number of hydrogen-bond acceptors (Lipinski definition) is 1. The van der Waals surface area contributed by atoms with E-state index in [-0.39, 0.29) is 11.7 Å². The summed E-state index contributed by atoms with van der Waals surface area (Å²) in [6.45, 7) is 0. The van der Waals surface area contributed by atoms with Crippen LogP contribution in [0.5, 0.6) is 11.5 Å². The quantitative estimate of drug-likeness (QED) is 0.714. The third kappa shape index (κ3) is 2.99. The largest absolute Gasteiger partial charge is 0.457 e. The molecule has 0 radical (unpaired) electrons. The van der Waals surface area contributed by atoms with Crippen molar-refractivity contribution in [3.63, 3.8) is 0 Å². The Balaban J connectivity index is 2.29. The standard InChI is InChI=1S/C13H9BrClFO/c14-9-4-6-10(7-5-9)17-13-3-1-2-12(16)11(13)8-15/h1-7H,8H2. The first-order valence-electron chi connectivity index (χ1n) is 4.97. The van der Waals surface area contributed by atoms with Crippen LogP contribution in [-0.2, 0) is 5.88 Å². The minimum Gasteiger partial charge on any atom is -0.457 e. The monoisotopic (exact) mass is 314 g/mol. The second-order valence-electron chi connectivity index (χ2n) is 3.41. The summed E-state index contributed by atoms with van der Waals surface area (Å²) in [6, 6.07) is 12.0. The summed E-state index contributed by atoms with van der Waals surface area (Å²) in [4.78, 5) is 0. The van der Waals surface area contributed by atoms with E-state index in [0.29, 0.717) is 17.1 Å².